The summed E-state index contributed by atoms with van der Waals surface area (Å²) in [6, 6.07) is 9.28. The summed E-state index contributed by atoms with van der Waals surface area (Å²) in [4.78, 5) is 25.8. The van der Waals surface area contributed by atoms with E-state index < -0.39 is 38.1 Å². The number of amides is 2. The predicted octanol–water partition coefficient (Wildman–Crippen LogP) is 3.14. The van der Waals surface area contributed by atoms with Gasteiger partial charge in [-0.15, -0.1) is 11.8 Å². The second-order valence-corrected chi connectivity index (χ2v) is 9.42. The van der Waals surface area contributed by atoms with Gasteiger partial charge in [-0.3, -0.25) is 9.59 Å². The third-order valence-electron chi connectivity index (χ3n) is 4.52. The summed E-state index contributed by atoms with van der Waals surface area (Å²) in [5.41, 5.74) is -4.95. The Morgan fingerprint density at radius 1 is 1.10 bits per heavy atom. The Morgan fingerprint density at radius 3 is 2.26 bits per heavy atom. The van der Waals surface area contributed by atoms with Crippen LogP contribution >= 0.6 is 11.8 Å². The molecular weight excluding hydrogens is 457 g/mol. The molecule has 1 aliphatic rings. The number of benzene rings is 2. The van der Waals surface area contributed by atoms with Crippen LogP contribution < -0.4 is 10.1 Å². The van der Waals surface area contributed by atoms with Crippen molar-refractivity contribution in [2.45, 2.75) is 16.4 Å². The fourth-order valence-corrected chi connectivity index (χ4v) is 4.75. The number of nitrogens with one attached hydrogen (secondary N) is 1. The first kappa shape index (κ1) is 22.9. The van der Waals surface area contributed by atoms with Gasteiger partial charge in [-0.1, -0.05) is 0 Å². The highest BCUT2D eigenvalue weighted by molar-refractivity contribution is 7.99. The third-order valence-corrected chi connectivity index (χ3v) is 7.03. The molecule has 1 N–H and O–H groups in total. The van der Waals surface area contributed by atoms with Gasteiger partial charge in [0.25, 0.3) is 15.7 Å². The minimum absolute atomic E-state index is 0.0223. The van der Waals surface area contributed by atoms with Crippen molar-refractivity contribution in [1.29, 1.82) is 0 Å². The Balaban J connectivity index is 1.74. The second-order valence-electron chi connectivity index (χ2n) is 6.48. The van der Waals surface area contributed by atoms with Crippen molar-refractivity contribution < 1.29 is 35.9 Å². The van der Waals surface area contributed by atoms with E-state index in [0.717, 1.165) is 24.3 Å². The van der Waals surface area contributed by atoms with Crippen LogP contribution in [0.3, 0.4) is 0 Å². The molecule has 31 heavy (non-hydrogen) atoms. The van der Waals surface area contributed by atoms with Crippen molar-refractivity contribution in [3.63, 3.8) is 0 Å². The fourth-order valence-electron chi connectivity index (χ4n) is 2.84. The summed E-state index contributed by atoms with van der Waals surface area (Å²) >= 11 is 1.35. The first-order chi connectivity index (χ1) is 14.5. The van der Waals surface area contributed by atoms with Gasteiger partial charge in [0.2, 0.25) is 5.91 Å². The second kappa shape index (κ2) is 8.79. The quantitative estimate of drug-likeness (QED) is 0.716. The molecule has 3 rings (SSSR count). The van der Waals surface area contributed by atoms with Crippen molar-refractivity contribution in [1.82, 2.24) is 4.90 Å². The van der Waals surface area contributed by atoms with Crippen molar-refractivity contribution >= 4 is 39.1 Å². The van der Waals surface area contributed by atoms with Gasteiger partial charge < -0.3 is 15.0 Å². The lowest BCUT2D eigenvalue weighted by Gasteiger charge is -2.23. The molecule has 2 amide bonds. The molecule has 0 aliphatic carbocycles. The van der Waals surface area contributed by atoms with Crippen molar-refractivity contribution in [2.75, 3.05) is 24.1 Å². The smallest absolute Gasteiger partial charge is 0.497 e. The van der Waals surface area contributed by atoms with Crippen LogP contribution in [0, 0.1) is 0 Å². The molecule has 0 radical (unpaired) electrons. The molecule has 0 aromatic heterocycles. The lowest BCUT2D eigenvalue weighted by atomic mass is 10.1. The Labute approximate surface area is 180 Å². The number of ether oxygens (including phenoxy) is 1. The lowest BCUT2D eigenvalue weighted by Crippen LogP contribution is -2.44. The summed E-state index contributed by atoms with van der Waals surface area (Å²) in [6.45, 7) is 0. The molecule has 1 unspecified atom stereocenters. The first-order valence-corrected chi connectivity index (χ1v) is 11.4. The van der Waals surface area contributed by atoms with Crippen LogP contribution in [-0.2, 0) is 14.6 Å². The van der Waals surface area contributed by atoms with Gasteiger partial charge in [-0.25, -0.2) is 8.42 Å². The van der Waals surface area contributed by atoms with E-state index in [4.69, 9.17) is 4.74 Å². The van der Waals surface area contributed by atoms with Crippen molar-refractivity contribution in [3.8, 4) is 5.75 Å². The number of alkyl halides is 3. The normalized spacial score (nSPS) is 16.8. The largest absolute Gasteiger partial charge is 0.501 e. The number of carbonyl (C=O) groups is 2. The zero-order valence-electron chi connectivity index (χ0n) is 16.0. The molecule has 12 heteroatoms. The van der Waals surface area contributed by atoms with Crippen LogP contribution in [0.25, 0.3) is 0 Å². The average molecular weight is 474 g/mol. The molecule has 1 saturated heterocycles. The van der Waals surface area contributed by atoms with Crippen LogP contribution in [0.15, 0.2) is 53.4 Å². The number of hydrogen-bond acceptors (Lipinski definition) is 6. The highest BCUT2D eigenvalue weighted by atomic mass is 32.2. The number of hydrogen-bond donors (Lipinski definition) is 1. The molecule has 1 atom stereocenters. The highest BCUT2D eigenvalue weighted by Gasteiger charge is 2.47. The van der Waals surface area contributed by atoms with Crippen LogP contribution in [0.2, 0.25) is 0 Å². The van der Waals surface area contributed by atoms with Crippen molar-refractivity contribution in [2.24, 2.45) is 0 Å². The van der Waals surface area contributed by atoms with Crippen molar-refractivity contribution in [3.05, 3.63) is 54.1 Å². The molecule has 0 spiro atoms. The molecule has 1 fully saturated rings. The van der Waals surface area contributed by atoms with Crippen LogP contribution in [-0.4, -0.2) is 55.4 Å². The molecule has 166 valence electrons. The third kappa shape index (κ3) is 4.79. The lowest BCUT2D eigenvalue weighted by molar-refractivity contribution is -0.119. The maximum Gasteiger partial charge on any atom is 0.501 e. The molecule has 0 saturated carbocycles. The number of nitrogens with zero attached hydrogens (tertiary/aromatic N) is 1. The number of methoxy groups -OCH3 is 1. The minimum atomic E-state index is -5.50. The predicted molar refractivity (Wildman–Crippen MR) is 109 cm³/mol. The number of anilines is 1. The van der Waals surface area contributed by atoms with E-state index in [9.17, 15) is 31.2 Å². The van der Waals surface area contributed by atoms with Gasteiger partial charge in [0.1, 0.15) is 11.8 Å². The molecule has 2 aromatic rings. The van der Waals surface area contributed by atoms with E-state index in [0.29, 0.717) is 17.2 Å². The van der Waals surface area contributed by atoms with Crippen LogP contribution in [0.5, 0.6) is 5.75 Å². The van der Waals surface area contributed by atoms with E-state index in [1.54, 1.807) is 24.3 Å². The Kier molecular flexibility index (Phi) is 6.51. The summed E-state index contributed by atoms with van der Waals surface area (Å²) < 4.78 is 66.0. The fraction of sp³-hybridized carbons (Fsp3) is 0.263. The minimum Gasteiger partial charge on any atom is -0.497 e. The molecular formula is C19H17F3N2O5S2. The van der Waals surface area contributed by atoms with Gasteiger partial charge in [0, 0.05) is 17.0 Å². The first-order valence-electron chi connectivity index (χ1n) is 8.79. The van der Waals surface area contributed by atoms with Gasteiger partial charge >= 0.3 is 5.51 Å². The number of rotatable bonds is 5. The van der Waals surface area contributed by atoms with E-state index in [1.165, 1.54) is 23.8 Å². The molecule has 0 bridgehead atoms. The molecule has 7 nitrogen and oxygen atoms in total. The average Bonchev–Trinajstić information content (AvgIpc) is 3.23. The maximum atomic E-state index is 12.8. The van der Waals surface area contributed by atoms with E-state index in [-0.39, 0.29) is 11.4 Å². The zero-order chi connectivity index (χ0) is 22.8. The SMILES string of the molecule is COc1ccc(NC(=O)C2CSCN2C(=O)c2ccc(S(=O)(=O)C(F)(F)F)cc2)cc1. The zero-order valence-corrected chi connectivity index (χ0v) is 17.7. The van der Waals surface area contributed by atoms with Gasteiger partial charge in [-0.2, -0.15) is 13.2 Å². The molecule has 1 aliphatic heterocycles. The summed E-state index contributed by atoms with van der Waals surface area (Å²) in [5, 5.41) is 2.71. The van der Waals surface area contributed by atoms with Crippen LogP contribution in [0.1, 0.15) is 10.4 Å². The summed E-state index contributed by atoms with van der Waals surface area (Å²) in [6.07, 6.45) is 0. The monoisotopic (exact) mass is 474 g/mol. The topological polar surface area (TPSA) is 92.8 Å². The molecule has 1 heterocycles. The summed E-state index contributed by atoms with van der Waals surface area (Å²) in [5.74, 6) is 0.161. The van der Waals surface area contributed by atoms with Crippen LogP contribution in [0.4, 0.5) is 18.9 Å². The number of halogens is 3. The van der Waals surface area contributed by atoms with E-state index in [1.807, 2.05) is 0 Å². The highest BCUT2D eigenvalue weighted by Crippen LogP contribution is 2.31. The number of carbonyl (C=O) groups excluding carboxylic acids is 2. The van der Waals surface area contributed by atoms with Gasteiger partial charge in [0.15, 0.2) is 0 Å². The molecule has 2 aromatic carbocycles. The standard InChI is InChI=1S/C19H17F3N2O5S2/c1-29-14-6-4-13(5-7-14)23-17(25)16-10-30-11-24(16)18(26)12-2-8-15(9-3-12)31(27,28)19(20,21)22/h2-9,16H,10-11H2,1H3,(H,23,25). The maximum absolute atomic E-state index is 12.8. The Hall–Kier alpha value is -2.73. The number of thioether (sulfide) groups is 1. The van der Waals surface area contributed by atoms with Gasteiger partial charge in [-0.05, 0) is 48.5 Å². The van der Waals surface area contributed by atoms with E-state index in [2.05, 4.69) is 5.32 Å². The number of sulfone groups is 1. The Morgan fingerprint density at radius 2 is 1.71 bits per heavy atom. The Bertz CT molecular complexity index is 1070. The van der Waals surface area contributed by atoms with Gasteiger partial charge in [0.05, 0.1) is 17.9 Å². The summed E-state index contributed by atoms with van der Waals surface area (Å²) in [7, 11) is -3.99. The van der Waals surface area contributed by atoms with E-state index >= 15 is 0 Å².